The average Bonchev–Trinajstić information content (AvgIpc) is 2.63. The Morgan fingerprint density at radius 1 is 0.944 bits per heavy atom. The van der Waals surface area contributed by atoms with Gasteiger partial charge in [0, 0.05) is 16.8 Å². The van der Waals surface area contributed by atoms with Crippen LogP contribution in [0, 0.1) is 0 Å². The summed E-state index contributed by atoms with van der Waals surface area (Å²) in [5.74, 6) is -0.656. The van der Waals surface area contributed by atoms with Gasteiger partial charge in [0.1, 0.15) is 5.75 Å². The first-order valence-electron chi connectivity index (χ1n) is 5.56. The van der Waals surface area contributed by atoms with Crippen LogP contribution in [0.5, 0.6) is 5.75 Å². The Morgan fingerprint density at radius 2 is 1.56 bits per heavy atom. The molecule has 2 aromatic carbocycles. The monoisotopic (exact) mass is 241 g/mol. The van der Waals surface area contributed by atoms with E-state index in [-0.39, 0.29) is 11.3 Å². The zero-order valence-corrected chi connectivity index (χ0v) is 9.42. The minimum Gasteiger partial charge on any atom is -0.508 e. The van der Waals surface area contributed by atoms with E-state index in [1.54, 1.807) is 36.4 Å². The number of phenols is 1. The molecular weight excluding hydrogens is 230 g/mol. The van der Waals surface area contributed by atoms with Crippen LogP contribution in [0.2, 0.25) is 0 Å². The average molecular weight is 241 g/mol. The molecule has 2 aromatic rings. The molecule has 4 nitrogen and oxygen atoms in total. The number of carbonyl (C=O) groups excluding carboxylic acids is 1. The van der Waals surface area contributed by atoms with Crippen molar-refractivity contribution in [1.29, 1.82) is 0 Å². The molecule has 0 aromatic heterocycles. The van der Waals surface area contributed by atoms with E-state index in [1.165, 1.54) is 12.1 Å². The standard InChI is InChI=1S/C14H11NO3/c16-12-8-4-2-6-10(12)14(18)9-5-1-3-7-11(9)15-13(14)17/h1-8,16,18H,(H,15,17)/t14-/m0/s1. The summed E-state index contributed by atoms with van der Waals surface area (Å²) in [6, 6.07) is 13.2. The Kier molecular flexibility index (Phi) is 2.15. The van der Waals surface area contributed by atoms with Crippen LogP contribution in [0.15, 0.2) is 48.5 Å². The Bertz CT molecular complexity index is 638. The zero-order valence-electron chi connectivity index (χ0n) is 9.42. The first-order chi connectivity index (χ1) is 8.64. The van der Waals surface area contributed by atoms with Crippen LogP contribution in [0.1, 0.15) is 11.1 Å². The van der Waals surface area contributed by atoms with Gasteiger partial charge in [-0.25, -0.2) is 0 Å². The maximum absolute atomic E-state index is 12.0. The lowest BCUT2D eigenvalue weighted by atomic mass is 9.87. The van der Waals surface area contributed by atoms with E-state index in [9.17, 15) is 15.0 Å². The van der Waals surface area contributed by atoms with Crippen LogP contribution >= 0.6 is 0 Å². The second-order valence-electron chi connectivity index (χ2n) is 4.23. The summed E-state index contributed by atoms with van der Waals surface area (Å²) < 4.78 is 0. The molecule has 1 aliphatic rings. The van der Waals surface area contributed by atoms with Gasteiger partial charge < -0.3 is 15.5 Å². The number of phenolic OH excluding ortho intramolecular Hbond substituents is 1. The molecule has 0 aliphatic carbocycles. The van der Waals surface area contributed by atoms with E-state index in [0.717, 1.165) is 0 Å². The number of para-hydroxylation sites is 2. The molecule has 1 atom stereocenters. The maximum atomic E-state index is 12.0. The van der Waals surface area contributed by atoms with Gasteiger partial charge in [-0.3, -0.25) is 4.79 Å². The summed E-state index contributed by atoms with van der Waals surface area (Å²) >= 11 is 0. The molecular formula is C14H11NO3. The summed E-state index contributed by atoms with van der Waals surface area (Å²) in [4.78, 5) is 12.0. The van der Waals surface area contributed by atoms with Gasteiger partial charge in [-0.15, -0.1) is 0 Å². The van der Waals surface area contributed by atoms with E-state index in [1.807, 2.05) is 0 Å². The van der Waals surface area contributed by atoms with Crippen molar-refractivity contribution >= 4 is 11.6 Å². The number of hydrogen-bond acceptors (Lipinski definition) is 3. The predicted octanol–water partition coefficient (Wildman–Crippen LogP) is 1.58. The van der Waals surface area contributed by atoms with Gasteiger partial charge in [0.15, 0.2) is 5.60 Å². The lowest BCUT2D eigenvalue weighted by molar-refractivity contribution is -0.129. The SMILES string of the molecule is O=C1Nc2ccccc2[C@]1(O)c1ccccc1O. The highest BCUT2D eigenvalue weighted by Crippen LogP contribution is 2.43. The van der Waals surface area contributed by atoms with Crippen molar-refractivity contribution in [2.24, 2.45) is 0 Å². The molecule has 1 heterocycles. The summed E-state index contributed by atoms with van der Waals surface area (Å²) in [7, 11) is 0. The third kappa shape index (κ3) is 1.26. The summed E-state index contributed by atoms with van der Waals surface area (Å²) in [5.41, 5.74) is -0.626. The van der Waals surface area contributed by atoms with Crippen molar-refractivity contribution in [1.82, 2.24) is 0 Å². The first kappa shape index (κ1) is 10.8. The number of nitrogens with one attached hydrogen (secondary N) is 1. The molecule has 0 unspecified atom stereocenters. The number of aromatic hydroxyl groups is 1. The quantitative estimate of drug-likeness (QED) is 0.710. The van der Waals surface area contributed by atoms with Gasteiger partial charge >= 0.3 is 0 Å². The number of benzene rings is 2. The fraction of sp³-hybridized carbons (Fsp3) is 0.0714. The Morgan fingerprint density at radius 3 is 2.28 bits per heavy atom. The Hall–Kier alpha value is -2.33. The van der Waals surface area contributed by atoms with Gasteiger partial charge in [0.2, 0.25) is 0 Å². The molecule has 18 heavy (non-hydrogen) atoms. The highest BCUT2D eigenvalue weighted by Gasteiger charge is 2.47. The van der Waals surface area contributed by atoms with Gasteiger partial charge in [0.05, 0.1) is 0 Å². The number of fused-ring (bicyclic) bond motifs is 1. The molecule has 4 heteroatoms. The molecule has 0 saturated carbocycles. The fourth-order valence-corrected chi connectivity index (χ4v) is 2.29. The van der Waals surface area contributed by atoms with E-state index >= 15 is 0 Å². The van der Waals surface area contributed by atoms with E-state index in [0.29, 0.717) is 11.3 Å². The second kappa shape index (κ2) is 3.58. The molecule has 1 aliphatic heterocycles. The largest absolute Gasteiger partial charge is 0.508 e. The van der Waals surface area contributed by atoms with Crippen molar-refractivity contribution in [2.45, 2.75) is 5.60 Å². The molecule has 0 fully saturated rings. The zero-order chi connectivity index (χ0) is 12.8. The minimum absolute atomic E-state index is 0.105. The number of amides is 1. The van der Waals surface area contributed by atoms with Crippen LogP contribution in [-0.2, 0) is 10.4 Å². The maximum Gasteiger partial charge on any atom is 0.266 e. The van der Waals surface area contributed by atoms with Crippen molar-refractivity contribution in [2.75, 3.05) is 5.32 Å². The number of aliphatic hydroxyl groups is 1. The van der Waals surface area contributed by atoms with Crippen molar-refractivity contribution in [3.05, 3.63) is 59.7 Å². The topological polar surface area (TPSA) is 69.6 Å². The van der Waals surface area contributed by atoms with Gasteiger partial charge in [-0.05, 0) is 12.1 Å². The van der Waals surface area contributed by atoms with Gasteiger partial charge in [0.25, 0.3) is 5.91 Å². The number of anilines is 1. The smallest absolute Gasteiger partial charge is 0.266 e. The molecule has 1 amide bonds. The van der Waals surface area contributed by atoms with Crippen LogP contribution in [0.3, 0.4) is 0 Å². The third-order valence-corrected chi connectivity index (χ3v) is 3.19. The first-order valence-corrected chi connectivity index (χ1v) is 5.56. The lowest BCUT2D eigenvalue weighted by Gasteiger charge is -2.22. The van der Waals surface area contributed by atoms with Crippen LogP contribution in [-0.4, -0.2) is 16.1 Å². The summed E-state index contributed by atoms with van der Waals surface area (Å²) in [6.07, 6.45) is 0. The van der Waals surface area contributed by atoms with Gasteiger partial charge in [-0.2, -0.15) is 0 Å². The number of rotatable bonds is 1. The molecule has 0 radical (unpaired) electrons. The van der Waals surface area contributed by atoms with Gasteiger partial charge in [-0.1, -0.05) is 36.4 Å². The highest BCUT2D eigenvalue weighted by atomic mass is 16.3. The molecule has 0 spiro atoms. The van der Waals surface area contributed by atoms with E-state index < -0.39 is 11.5 Å². The van der Waals surface area contributed by atoms with Crippen molar-refractivity contribution in [3.8, 4) is 5.75 Å². The van der Waals surface area contributed by atoms with E-state index in [2.05, 4.69) is 5.32 Å². The number of carbonyl (C=O) groups is 1. The minimum atomic E-state index is -1.83. The summed E-state index contributed by atoms with van der Waals surface area (Å²) in [5, 5.41) is 23.1. The highest BCUT2D eigenvalue weighted by molar-refractivity contribution is 6.07. The molecule has 90 valence electrons. The van der Waals surface area contributed by atoms with Crippen molar-refractivity contribution < 1.29 is 15.0 Å². The molecule has 3 rings (SSSR count). The van der Waals surface area contributed by atoms with Crippen LogP contribution < -0.4 is 5.32 Å². The third-order valence-electron chi connectivity index (χ3n) is 3.19. The van der Waals surface area contributed by atoms with Crippen LogP contribution in [0.25, 0.3) is 0 Å². The lowest BCUT2D eigenvalue weighted by Crippen LogP contribution is -2.35. The molecule has 0 saturated heterocycles. The molecule has 0 bridgehead atoms. The summed E-state index contributed by atoms with van der Waals surface area (Å²) in [6.45, 7) is 0. The Labute approximate surface area is 104 Å². The second-order valence-corrected chi connectivity index (χ2v) is 4.23. The number of hydrogen-bond donors (Lipinski definition) is 3. The normalized spacial score (nSPS) is 21.5. The fourth-order valence-electron chi connectivity index (χ4n) is 2.29. The predicted molar refractivity (Wildman–Crippen MR) is 66.2 cm³/mol. The van der Waals surface area contributed by atoms with E-state index in [4.69, 9.17) is 0 Å². The van der Waals surface area contributed by atoms with Crippen LogP contribution in [0.4, 0.5) is 5.69 Å². The Balaban J connectivity index is 2.27. The van der Waals surface area contributed by atoms with Crippen molar-refractivity contribution in [3.63, 3.8) is 0 Å². The molecule has 3 N–H and O–H groups in total.